The smallest absolute Gasteiger partial charge is 0.416 e. The van der Waals surface area contributed by atoms with Crippen molar-refractivity contribution in [3.8, 4) is 0 Å². The zero-order valence-electron chi connectivity index (χ0n) is 21.6. The maximum atomic E-state index is 13.7. The van der Waals surface area contributed by atoms with Crippen molar-refractivity contribution in [2.75, 3.05) is 46.4 Å². The van der Waals surface area contributed by atoms with Gasteiger partial charge in [0.15, 0.2) is 6.29 Å². The van der Waals surface area contributed by atoms with E-state index >= 15 is 0 Å². The lowest BCUT2D eigenvalue weighted by Gasteiger charge is -2.51. The first-order valence-electron chi connectivity index (χ1n) is 12.7. The van der Waals surface area contributed by atoms with Crippen molar-refractivity contribution in [3.05, 3.63) is 75.7 Å². The van der Waals surface area contributed by atoms with Crippen LogP contribution in [-0.2, 0) is 21.8 Å². The molecule has 0 amide bonds. The molecule has 2 fully saturated rings. The number of hydrogen-bond acceptors (Lipinski definition) is 4. The molecule has 4 atom stereocenters. The predicted molar refractivity (Wildman–Crippen MR) is 129 cm³/mol. The Morgan fingerprint density at radius 1 is 1.00 bits per heavy atom. The van der Waals surface area contributed by atoms with E-state index in [0.29, 0.717) is 50.3 Å². The standard InChI is InChI=1S/C27H31F7N2O3/c1-17(20-13-21(26(29,30)31)15-22(14-20)27(32,33)34)39-25-24(18-3-5-23(28)6-4-18)19(7-12-38-25)16-36(37)10-8-35(2)9-11-36/h3-6,13-15,17,19,24-25H,7-12,16H2,1-2H3/t17-,19+,24+,25-/m1/s1. The molecule has 0 aromatic heterocycles. The summed E-state index contributed by atoms with van der Waals surface area (Å²) in [7, 11) is 1.93. The van der Waals surface area contributed by atoms with Gasteiger partial charge in [-0.3, -0.25) is 4.90 Å². The fourth-order valence-electron chi connectivity index (χ4n) is 5.32. The second kappa shape index (κ2) is 11.3. The SMILES string of the molecule is C[C@@H](O[C@H]1OCC[C@@H](C[N+]2([O-])CCN(C)CC2)[C@@H]1c1ccc(F)cc1)c1cc(C(F)(F)F)cc(C(F)(F)F)c1. The Kier molecular flexibility index (Phi) is 8.63. The molecule has 12 heteroatoms. The van der Waals surface area contributed by atoms with Crippen LogP contribution >= 0.6 is 0 Å². The van der Waals surface area contributed by atoms with E-state index in [1.54, 1.807) is 0 Å². The first kappa shape index (κ1) is 29.7. The van der Waals surface area contributed by atoms with E-state index in [2.05, 4.69) is 4.90 Å². The zero-order chi connectivity index (χ0) is 28.6. The molecule has 0 bridgehead atoms. The molecular weight excluding hydrogens is 533 g/mol. The van der Waals surface area contributed by atoms with E-state index < -0.39 is 52.3 Å². The minimum Gasteiger partial charge on any atom is -0.633 e. The van der Waals surface area contributed by atoms with Crippen molar-refractivity contribution in [3.63, 3.8) is 0 Å². The van der Waals surface area contributed by atoms with Crippen LogP contribution in [0.25, 0.3) is 0 Å². The Balaban J connectivity index is 1.64. The Hall–Kier alpha value is -2.25. The van der Waals surface area contributed by atoms with Gasteiger partial charge in [0.05, 0.1) is 43.5 Å². The van der Waals surface area contributed by atoms with Crippen LogP contribution in [0.1, 0.15) is 47.6 Å². The Labute approximate surface area is 222 Å². The van der Waals surface area contributed by atoms with Crippen LogP contribution in [0.4, 0.5) is 30.7 Å². The summed E-state index contributed by atoms with van der Waals surface area (Å²) in [5, 5.41) is 13.5. The molecule has 0 aliphatic carbocycles. The van der Waals surface area contributed by atoms with Crippen LogP contribution in [0.3, 0.4) is 0 Å². The molecule has 216 valence electrons. The average molecular weight is 565 g/mol. The van der Waals surface area contributed by atoms with Crippen molar-refractivity contribution in [1.29, 1.82) is 0 Å². The second-order valence-corrected chi connectivity index (χ2v) is 10.5. The maximum absolute atomic E-state index is 13.7. The fourth-order valence-corrected chi connectivity index (χ4v) is 5.32. The van der Waals surface area contributed by atoms with Crippen LogP contribution in [0.15, 0.2) is 42.5 Å². The van der Waals surface area contributed by atoms with Gasteiger partial charge in [0.1, 0.15) is 5.82 Å². The highest BCUT2D eigenvalue weighted by Crippen LogP contribution is 2.42. The Morgan fingerprint density at radius 2 is 1.56 bits per heavy atom. The number of rotatable bonds is 6. The molecule has 0 saturated carbocycles. The molecule has 2 aliphatic heterocycles. The molecule has 2 aromatic carbocycles. The molecule has 0 N–H and O–H groups in total. The number of hydrogen-bond donors (Lipinski definition) is 0. The first-order valence-corrected chi connectivity index (χ1v) is 12.7. The fraction of sp³-hybridized carbons (Fsp3) is 0.556. The van der Waals surface area contributed by atoms with Gasteiger partial charge < -0.3 is 19.3 Å². The van der Waals surface area contributed by atoms with Gasteiger partial charge in [-0.15, -0.1) is 0 Å². The van der Waals surface area contributed by atoms with E-state index in [1.807, 2.05) is 7.05 Å². The van der Waals surface area contributed by atoms with E-state index in [4.69, 9.17) is 9.47 Å². The third kappa shape index (κ3) is 7.29. The number of halogens is 7. The van der Waals surface area contributed by atoms with E-state index in [0.717, 1.165) is 0 Å². The number of piperazine rings is 1. The van der Waals surface area contributed by atoms with Crippen LogP contribution in [-0.4, -0.2) is 62.2 Å². The van der Waals surface area contributed by atoms with Gasteiger partial charge in [-0.2, -0.15) is 26.3 Å². The van der Waals surface area contributed by atoms with Crippen LogP contribution in [0.2, 0.25) is 0 Å². The topological polar surface area (TPSA) is 44.8 Å². The lowest BCUT2D eigenvalue weighted by Crippen LogP contribution is -2.58. The van der Waals surface area contributed by atoms with Gasteiger partial charge in [0.25, 0.3) is 0 Å². The summed E-state index contributed by atoms with van der Waals surface area (Å²) in [6, 6.07) is 6.91. The van der Waals surface area contributed by atoms with E-state index in [-0.39, 0.29) is 30.7 Å². The largest absolute Gasteiger partial charge is 0.633 e. The molecule has 39 heavy (non-hydrogen) atoms. The average Bonchev–Trinajstić information content (AvgIpc) is 2.85. The number of hydroxylamine groups is 3. The maximum Gasteiger partial charge on any atom is 0.416 e. The summed E-state index contributed by atoms with van der Waals surface area (Å²) in [4.78, 5) is 2.06. The number of alkyl halides is 6. The summed E-state index contributed by atoms with van der Waals surface area (Å²) in [5.41, 5.74) is -2.58. The summed E-state index contributed by atoms with van der Waals surface area (Å²) >= 11 is 0. The molecule has 2 heterocycles. The Morgan fingerprint density at radius 3 is 2.10 bits per heavy atom. The molecule has 0 unspecified atom stereocenters. The molecule has 5 nitrogen and oxygen atoms in total. The van der Waals surface area contributed by atoms with Gasteiger partial charge >= 0.3 is 12.4 Å². The molecule has 2 saturated heterocycles. The lowest BCUT2D eigenvalue weighted by atomic mass is 9.81. The van der Waals surface area contributed by atoms with Crippen molar-refractivity contribution >= 4 is 0 Å². The number of benzene rings is 2. The van der Waals surface area contributed by atoms with Gasteiger partial charge in [-0.1, -0.05) is 12.1 Å². The van der Waals surface area contributed by atoms with E-state index in [9.17, 15) is 35.9 Å². The number of nitrogens with zero attached hydrogens (tertiary/aromatic N) is 2. The van der Waals surface area contributed by atoms with Crippen molar-refractivity contribution in [2.24, 2.45) is 5.92 Å². The van der Waals surface area contributed by atoms with Gasteiger partial charge in [-0.25, -0.2) is 4.39 Å². The normalized spacial score (nSPS) is 25.4. The predicted octanol–water partition coefficient (Wildman–Crippen LogP) is 6.35. The van der Waals surface area contributed by atoms with Gasteiger partial charge in [0.2, 0.25) is 0 Å². The van der Waals surface area contributed by atoms with Crippen molar-refractivity contribution in [1.82, 2.24) is 4.90 Å². The van der Waals surface area contributed by atoms with E-state index in [1.165, 1.54) is 31.2 Å². The summed E-state index contributed by atoms with van der Waals surface area (Å²) in [5.74, 6) is -1.33. The summed E-state index contributed by atoms with van der Waals surface area (Å²) in [6.45, 7) is 3.80. The highest BCUT2D eigenvalue weighted by Gasteiger charge is 2.42. The third-order valence-electron chi connectivity index (χ3n) is 7.59. The van der Waals surface area contributed by atoms with Gasteiger partial charge in [-0.05, 0) is 61.9 Å². The molecule has 0 radical (unpaired) electrons. The highest BCUT2D eigenvalue weighted by atomic mass is 19.4. The molecular formula is C27H31F7N2O3. The third-order valence-corrected chi connectivity index (χ3v) is 7.59. The lowest BCUT2D eigenvalue weighted by molar-refractivity contribution is -0.888. The number of ether oxygens (including phenoxy) is 2. The number of likely N-dealkylation sites (N-methyl/N-ethyl adjacent to an activating group) is 1. The number of quaternary nitrogens is 1. The summed E-state index contributed by atoms with van der Waals surface area (Å²) < 4.78 is 106. The molecule has 2 aromatic rings. The van der Waals surface area contributed by atoms with Gasteiger partial charge in [0, 0.05) is 24.9 Å². The monoisotopic (exact) mass is 564 g/mol. The molecule has 4 rings (SSSR count). The van der Waals surface area contributed by atoms with Crippen LogP contribution < -0.4 is 0 Å². The van der Waals surface area contributed by atoms with Crippen molar-refractivity contribution in [2.45, 2.75) is 44.0 Å². The first-order chi connectivity index (χ1) is 18.1. The van der Waals surface area contributed by atoms with Crippen LogP contribution in [0, 0.1) is 16.9 Å². The minimum atomic E-state index is -4.99. The zero-order valence-corrected chi connectivity index (χ0v) is 21.6. The summed E-state index contributed by atoms with van der Waals surface area (Å²) in [6.07, 6.45) is -11.8. The van der Waals surface area contributed by atoms with Crippen molar-refractivity contribution < 1.29 is 44.9 Å². The molecule has 2 aliphatic rings. The minimum absolute atomic E-state index is 0.0674. The highest BCUT2D eigenvalue weighted by molar-refractivity contribution is 5.35. The quantitative estimate of drug-likeness (QED) is 0.233. The second-order valence-electron chi connectivity index (χ2n) is 10.5. The Bertz CT molecular complexity index is 1080. The molecule has 0 spiro atoms. The van der Waals surface area contributed by atoms with Crippen LogP contribution in [0.5, 0.6) is 0 Å².